The molecule has 0 aliphatic rings. The fraction of sp³-hybridized carbons (Fsp3) is 0.214. The molecule has 3 N–H and O–H groups in total. The predicted molar refractivity (Wildman–Crippen MR) is 83.3 cm³/mol. The van der Waals surface area contributed by atoms with Gasteiger partial charge in [-0.3, -0.25) is 4.79 Å². The summed E-state index contributed by atoms with van der Waals surface area (Å²) < 4.78 is 5.43. The minimum Gasteiger partial charge on any atom is -0.494 e. The summed E-state index contributed by atoms with van der Waals surface area (Å²) in [7, 11) is 0. The number of aromatic nitrogens is 4. The first-order chi connectivity index (χ1) is 11.1. The first kappa shape index (κ1) is 16.0. The Morgan fingerprint density at radius 2 is 2.30 bits per heavy atom. The number of anilines is 2. The first-order valence-corrected chi connectivity index (χ1v) is 6.79. The lowest BCUT2D eigenvalue weighted by molar-refractivity contribution is -0.114. The number of hydrogen-bond donors (Lipinski definition) is 3. The van der Waals surface area contributed by atoms with Crippen molar-refractivity contribution in [1.29, 1.82) is 5.26 Å². The third-order valence-corrected chi connectivity index (χ3v) is 2.69. The molecule has 0 bridgehead atoms. The Labute approximate surface area is 132 Å². The normalized spacial score (nSPS) is 10.7. The molecule has 0 saturated carbocycles. The zero-order chi connectivity index (χ0) is 16.7. The van der Waals surface area contributed by atoms with Gasteiger partial charge in [0.2, 0.25) is 11.7 Å². The lowest BCUT2D eigenvalue weighted by Gasteiger charge is -2.12. The Balaban J connectivity index is 2.30. The SMILES string of the molecule is CCOc1ccc(NC(C)=O)c(NC=C(C#N)c2nn[nH]n2)c1. The number of carbonyl (C=O) groups excluding carboxylic acids is 1. The van der Waals surface area contributed by atoms with Crippen molar-refractivity contribution in [2.45, 2.75) is 13.8 Å². The molecule has 1 amide bonds. The number of nitrogens with one attached hydrogen (secondary N) is 3. The second-order valence-electron chi connectivity index (χ2n) is 4.37. The Hall–Kier alpha value is -3.41. The van der Waals surface area contributed by atoms with E-state index in [2.05, 4.69) is 31.3 Å². The van der Waals surface area contributed by atoms with Crippen LogP contribution in [-0.2, 0) is 4.79 Å². The van der Waals surface area contributed by atoms with Crippen molar-refractivity contribution in [3.05, 3.63) is 30.2 Å². The van der Waals surface area contributed by atoms with E-state index in [1.165, 1.54) is 13.1 Å². The van der Waals surface area contributed by atoms with Gasteiger partial charge in [-0.05, 0) is 24.3 Å². The zero-order valence-electron chi connectivity index (χ0n) is 12.6. The average molecular weight is 313 g/mol. The smallest absolute Gasteiger partial charge is 0.221 e. The topological polar surface area (TPSA) is 129 Å². The van der Waals surface area contributed by atoms with Crippen molar-refractivity contribution >= 4 is 22.9 Å². The number of H-pyrrole nitrogens is 1. The van der Waals surface area contributed by atoms with E-state index in [9.17, 15) is 4.79 Å². The van der Waals surface area contributed by atoms with E-state index in [1.807, 2.05) is 13.0 Å². The van der Waals surface area contributed by atoms with Crippen molar-refractivity contribution < 1.29 is 9.53 Å². The molecule has 0 spiro atoms. The van der Waals surface area contributed by atoms with Gasteiger partial charge < -0.3 is 15.4 Å². The van der Waals surface area contributed by atoms with Crippen LogP contribution in [0.4, 0.5) is 11.4 Å². The Bertz CT molecular complexity index is 747. The molecule has 0 atom stereocenters. The number of carbonyl (C=O) groups is 1. The summed E-state index contributed by atoms with van der Waals surface area (Å²) in [5, 5.41) is 28.0. The highest BCUT2D eigenvalue weighted by atomic mass is 16.5. The summed E-state index contributed by atoms with van der Waals surface area (Å²) in [5.41, 5.74) is 1.32. The van der Waals surface area contributed by atoms with Crippen molar-refractivity contribution in [1.82, 2.24) is 20.6 Å². The van der Waals surface area contributed by atoms with Crippen LogP contribution in [0.5, 0.6) is 5.75 Å². The number of aromatic amines is 1. The fourth-order valence-electron chi connectivity index (χ4n) is 1.77. The third-order valence-electron chi connectivity index (χ3n) is 2.69. The van der Waals surface area contributed by atoms with Crippen LogP contribution in [0.1, 0.15) is 19.7 Å². The minimum atomic E-state index is -0.208. The predicted octanol–water partition coefficient (Wildman–Crippen LogP) is 1.53. The quantitative estimate of drug-likeness (QED) is 0.690. The number of rotatable bonds is 6. The molecule has 0 fully saturated rings. The summed E-state index contributed by atoms with van der Waals surface area (Å²) in [6.07, 6.45) is 1.43. The number of ether oxygens (including phenoxy) is 1. The first-order valence-electron chi connectivity index (χ1n) is 6.79. The number of nitriles is 1. The molecule has 0 aliphatic heterocycles. The number of amides is 1. The van der Waals surface area contributed by atoms with Crippen LogP contribution < -0.4 is 15.4 Å². The van der Waals surface area contributed by atoms with E-state index in [0.717, 1.165) is 0 Å². The van der Waals surface area contributed by atoms with Gasteiger partial charge in [0, 0.05) is 19.2 Å². The molecule has 0 unspecified atom stereocenters. The van der Waals surface area contributed by atoms with Crippen LogP contribution in [0.3, 0.4) is 0 Å². The van der Waals surface area contributed by atoms with E-state index in [4.69, 9.17) is 10.00 Å². The van der Waals surface area contributed by atoms with E-state index in [0.29, 0.717) is 23.7 Å². The summed E-state index contributed by atoms with van der Waals surface area (Å²) in [6, 6.07) is 7.14. The van der Waals surface area contributed by atoms with Gasteiger partial charge in [-0.25, -0.2) is 0 Å². The largest absolute Gasteiger partial charge is 0.494 e. The maximum absolute atomic E-state index is 11.3. The number of hydrogen-bond acceptors (Lipinski definition) is 7. The third kappa shape index (κ3) is 4.28. The molecular weight excluding hydrogens is 298 g/mol. The van der Waals surface area contributed by atoms with Crippen LogP contribution >= 0.6 is 0 Å². The maximum Gasteiger partial charge on any atom is 0.221 e. The molecule has 9 nitrogen and oxygen atoms in total. The van der Waals surface area contributed by atoms with Gasteiger partial charge in [0.1, 0.15) is 17.4 Å². The maximum atomic E-state index is 11.3. The molecular formula is C14H15N7O2. The summed E-state index contributed by atoms with van der Waals surface area (Å²) in [4.78, 5) is 11.3. The average Bonchev–Trinajstić information content (AvgIpc) is 3.04. The Morgan fingerprint density at radius 3 is 2.91 bits per heavy atom. The van der Waals surface area contributed by atoms with Crippen molar-refractivity contribution in [2.24, 2.45) is 0 Å². The summed E-state index contributed by atoms with van der Waals surface area (Å²) >= 11 is 0. The molecule has 0 aliphatic carbocycles. The standard InChI is InChI=1S/C14H15N7O2/c1-3-23-11-4-5-12(17-9(2)22)13(6-11)16-8-10(7-15)14-18-20-21-19-14/h4-6,8,16H,3H2,1-2H3,(H,17,22)(H,18,19,20,21). The fourth-order valence-corrected chi connectivity index (χ4v) is 1.77. The molecule has 1 aromatic heterocycles. The second kappa shape index (κ2) is 7.56. The zero-order valence-corrected chi connectivity index (χ0v) is 12.6. The molecule has 2 aromatic rings. The summed E-state index contributed by atoms with van der Waals surface area (Å²) in [6.45, 7) is 3.80. The van der Waals surface area contributed by atoms with E-state index >= 15 is 0 Å². The lowest BCUT2D eigenvalue weighted by Crippen LogP contribution is -2.08. The monoisotopic (exact) mass is 313 g/mol. The Morgan fingerprint density at radius 1 is 1.48 bits per heavy atom. The minimum absolute atomic E-state index is 0.169. The van der Waals surface area contributed by atoms with Gasteiger partial charge in [0.15, 0.2) is 0 Å². The molecule has 0 saturated heterocycles. The molecule has 1 heterocycles. The highest BCUT2D eigenvalue weighted by molar-refractivity contribution is 5.93. The number of allylic oxidation sites excluding steroid dienone is 1. The van der Waals surface area contributed by atoms with Crippen LogP contribution in [0.2, 0.25) is 0 Å². The van der Waals surface area contributed by atoms with Gasteiger partial charge in [0.05, 0.1) is 18.0 Å². The van der Waals surface area contributed by atoms with Gasteiger partial charge in [-0.2, -0.15) is 10.5 Å². The lowest BCUT2D eigenvalue weighted by atomic mass is 10.2. The van der Waals surface area contributed by atoms with Crippen LogP contribution in [0, 0.1) is 11.3 Å². The highest BCUT2D eigenvalue weighted by Gasteiger charge is 2.08. The van der Waals surface area contributed by atoms with Crippen molar-refractivity contribution in [2.75, 3.05) is 17.2 Å². The molecule has 118 valence electrons. The second-order valence-corrected chi connectivity index (χ2v) is 4.37. The van der Waals surface area contributed by atoms with Crippen molar-refractivity contribution in [3.63, 3.8) is 0 Å². The van der Waals surface area contributed by atoms with Crippen molar-refractivity contribution in [3.8, 4) is 11.8 Å². The summed E-state index contributed by atoms with van der Waals surface area (Å²) in [5.74, 6) is 0.595. The Kier molecular flexibility index (Phi) is 5.25. The number of nitrogens with zero attached hydrogens (tertiary/aromatic N) is 4. The molecule has 2 rings (SSSR count). The van der Waals surface area contributed by atoms with Gasteiger partial charge in [-0.15, -0.1) is 10.2 Å². The van der Waals surface area contributed by atoms with E-state index < -0.39 is 0 Å². The van der Waals surface area contributed by atoms with Crippen LogP contribution in [0.25, 0.3) is 5.57 Å². The molecule has 1 aromatic carbocycles. The molecule has 9 heteroatoms. The molecule has 0 radical (unpaired) electrons. The van der Waals surface area contributed by atoms with Gasteiger partial charge >= 0.3 is 0 Å². The van der Waals surface area contributed by atoms with Crippen LogP contribution in [-0.4, -0.2) is 33.1 Å². The van der Waals surface area contributed by atoms with E-state index in [1.54, 1.807) is 18.2 Å². The highest BCUT2D eigenvalue weighted by Crippen LogP contribution is 2.27. The van der Waals surface area contributed by atoms with Crippen LogP contribution in [0.15, 0.2) is 24.4 Å². The molecule has 23 heavy (non-hydrogen) atoms. The van der Waals surface area contributed by atoms with Gasteiger partial charge in [0.25, 0.3) is 0 Å². The van der Waals surface area contributed by atoms with E-state index in [-0.39, 0.29) is 17.3 Å². The number of benzene rings is 1. The van der Waals surface area contributed by atoms with Gasteiger partial charge in [-0.1, -0.05) is 0 Å². The number of tetrazole rings is 1.